The molecule has 0 bridgehead atoms. The van der Waals surface area contributed by atoms with Crippen LogP contribution in [-0.2, 0) is 16.1 Å². The minimum absolute atomic E-state index is 0.0371. The predicted octanol–water partition coefficient (Wildman–Crippen LogP) is 2.96. The van der Waals surface area contributed by atoms with E-state index in [2.05, 4.69) is 15.1 Å². The van der Waals surface area contributed by atoms with Gasteiger partial charge in [-0.3, -0.25) is 9.59 Å². The van der Waals surface area contributed by atoms with Crippen molar-refractivity contribution in [2.45, 2.75) is 19.9 Å². The molecule has 0 unspecified atom stereocenters. The van der Waals surface area contributed by atoms with Crippen molar-refractivity contribution in [3.05, 3.63) is 66.2 Å². The number of carbonyl (C=O) groups excluding carboxylic acids is 2. The van der Waals surface area contributed by atoms with Crippen molar-refractivity contribution in [2.24, 2.45) is 0 Å². The first-order valence-corrected chi connectivity index (χ1v) is 12.1. The first-order valence-electron chi connectivity index (χ1n) is 12.1. The van der Waals surface area contributed by atoms with Crippen molar-refractivity contribution in [1.82, 2.24) is 20.0 Å². The van der Waals surface area contributed by atoms with Gasteiger partial charge in [0, 0.05) is 45.2 Å². The zero-order valence-corrected chi connectivity index (χ0v) is 20.3. The van der Waals surface area contributed by atoms with Gasteiger partial charge in [0.15, 0.2) is 17.3 Å². The SMILES string of the molecule is CC(=O)N(CC(=O)N1CCCN(c2ccc(-c3ccccc3)nn2)CC1)Cc1ccc2c(c1)OCO2. The number of nitrogens with zero attached hydrogens (tertiary/aromatic N) is 5. The van der Waals surface area contributed by atoms with E-state index in [1.165, 1.54) is 6.92 Å². The summed E-state index contributed by atoms with van der Waals surface area (Å²) in [6, 6.07) is 19.5. The highest BCUT2D eigenvalue weighted by molar-refractivity contribution is 5.84. The largest absolute Gasteiger partial charge is 0.454 e. The van der Waals surface area contributed by atoms with Crippen molar-refractivity contribution in [1.29, 1.82) is 0 Å². The molecule has 1 fully saturated rings. The van der Waals surface area contributed by atoms with Gasteiger partial charge in [-0.15, -0.1) is 10.2 Å². The lowest BCUT2D eigenvalue weighted by atomic mass is 10.1. The van der Waals surface area contributed by atoms with Gasteiger partial charge in [0.2, 0.25) is 18.6 Å². The van der Waals surface area contributed by atoms with Gasteiger partial charge in [-0.05, 0) is 36.2 Å². The van der Waals surface area contributed by atoms with Crippen LogP contribution in [0.4, 0.5) is 5.82 Å². The number of ether oxygens (including phenoxy) is 2. The molecule has 2 aromatic carbocycles. The molecule has 1 saturated heterocycles. The third-order valence-electron chi connectivity index (χ3n) is 6.47. The molecule has 0 radical (unpaired) electrons. The molecule has 0 atom stereocenters. The van der Waals surface area contributed by atoms with Crippen molar-refractivity contribution in [3.63, 3.8) is 0 Å². The molecule has 0 saturated carbocycles. The molecule has 3 heterocycles. The van der Waals surface area contributed by atoms with Crippen molar-refractivity contribution in [3.8, 4) is 22.8 Å². The summed E-state index contributed by atoms with van der Waals surface area (Å²) in [6.45, 7) is 4.71. The number of aromatic nitrogens is 2. The highest BCUT2D eigenvalue weighted by atomic mass is 16.7. The molecular formula is C27H29N5O4. The standard InChI is InChI=1S/C27H29N5O4/c1-20(33)32(17-21-8-10-24-25(16-21)36-19-35-24)18-27(34)31-13-5-12-30(14-15-31)26-11-9-23(28-29-26)22-6-3-2-4-7-22/h2-4,6-11,16H,5,12-15,17-19H2,1H3. The molecule has 36 heavy (non-hydrogen) atoms. The lowest BCUT2D eigenvalue weighted by Crippen LogP contribution is -2.43. The molecule has 0 N–H and O–H groups in total. The Bertz CT molecular complexity index is 1220. The number of rotatable bonds is 6. The Balaban J connectivity index is 1.18. The monoisotopic (exact) mass is 487 g/mol. The van der Waals surface area contributed by atoms with E-state index in [-0.39, 0.29) is 25.2 Å². The third-order valence-corrected chi connectivity index (χ3v) is 6.47. The van der Waals surface area contributed by atoms with Crippen molar-refractivity contribution >= 4 is 17.6 Å². The smallest absolute Gasteiger partial charge is 0.242 e. The molecule has 2 aliphatic heterocycles. The molecule has 9 nitrogen and oxygen atoms in total. The Morgan fingerprint density at radius 2 is 1.75 bits per heavy atom. The van der Waals surface area contributed by atoms with Crippen LogP contribution in [0.15, 0.2) is 60.7 Å². The highest BCUT2D eigenvalue weighted by Crippen LogP contribution is 2.32. The minimum atomic E-state index is -0.147. The summed E-state index contributed by atoms with van der Waals surface area (Å²) in [4.78, 5) is 31.0. The van der Waals surface area contributed by atoms with E-state index in [0.29, 0.717) is 37.7 Å². The normalized spacial score (nSPS) is 14.9. The Hall–Kier alpha value is -4.14. The van der Waals surface area contributed by atoms with Crippen LogP contribution < -0.4 is 14.4 Å². The van der Waals surface area contributed by atoms with Crippen LogP contribution in [0, 0.1) is 0 Å². The molecule has 5 rings (SSSR count). The molecule has 1 aromatic heterocycles. The number of carbonyl (C=O) groups is 2. The Kier molecular flexibility index (Phi) is 6.97. The van der Waals surface area contributed by atoms with Crippen LogP contribution >= 0.6 is 0 Å². The average Bonchev–Trinajstić information content (AvgIpc) is 3.23. The summed E-state index contributed by atoms with van der Waals surface area (Å²) in [5, 5.41) is 8.83. The molecule has 2 aliphatic rings. The Morgan fingerprint density at radius 3 is 2.53 bits per heavy atom. The summed E-state index contributed by atoms with van der Waals surface area (Å²) < 4.78 is 10.8. The molecular weight excluding hydrogens is 458 g/mol. The van der Waals surface area contributed by atoms with Gasteiger partial charge in [-0.1, -0.05) is 36.4 Å². The third kappa shape index (κ3) is 5.40. The van der Waals surface area contributed by atoms with Crippen LogP contribution in [-0.4, -0.2) is 71.3 Å². The van der Waals surface area contributed by atoms with Gasteiger partial charge in [0.05, 0.1) is 5.69 Å². The summed E-state index contributed by atoms with van der Waals surface area (Å²) in [5.41, 5.74) is 2.75. The zero-order valence-electron chi connectivity index (χ0n) is 20.3. The number of benzene rings is 2. The Labute approximate surface area is 210 Å². The van der Waals surface area contributed by atoms with Crippen molar-refractivity contribution < 1.29 is 19.1 Å². The molecule has 186 valence electrons. The van der Waals surface area contributed by atoms with E-state index in [1.54, 1.807) is 4.90 Å². The van der Waals surface area contributed by atoms with Crippen LogP contribution in [0.5, 0.6) is 11.5 Å². The van der Waals surface area contributed by atoms with Crippen LogP contribution in [0.2, 0.25) is 0 Å². The summed E-state index contributed by atoms with van der Waals surface area (Å²) in [5.74, 6) is 1.95. The van der Waals surface area contributed by atoms with Gasteiger partial charge < -0.3 is 24.2 Å². The molecule has 9 heteroatoms. The zero-order chi connectivity index (χ0) is 24.9. The predicted molar refractivity (Wildman–Crippen MR) is 135 cm³/mol. The van der Waals surface area contributed by atoms with Crippen molar-refractivity contribution in [2.75, 3.05) is 44.4 Å². The molecule has 2 amide bonds. The van der Waals surface area contributed by atoms with Crippen LogP contribution in [0.1, 0.15) is 18.9 Å². The Morgan fingerprint density at radius 1 is 0.917 bits per heavy atom. The van der Waals surface area contributed by atoms with E-state index >= 15 is 0 Å². The first kappa shape index (κ1) is 23.6. The second kappa shape index (κ2) is 10.6. The summed E-state index contributed by atoms with van der Waals surface area (Å²) >= 11 is 0. The number of fused-ring (bicyclic) bond motifs is 1. The topological polar surface area (TPSA) is 88.1 Å². The maximum Gasteiger partial charge on any atom is 0.242 e. The molecule has 3 aromatic rings. The maximum absolute atomic E-state index is 13.1. The van der Waals surface area contributed by atoms with Gasteiger partial charge >= 0.3 is 0 Å². The second-order valence-corrected chi connectivity index (χ2v) is 8.93. The van der Waals surface area contributed by atoms with Crippen LogP contribution in [0.25, 0.3) is 11.3 Å². The fourth-order valence-corrected chi connectivity index (χ4v) is 4.45. The van der Waals surface area contributed by atoms with E-state index in [4.69, 9.17) is 9.47 Å². The van der Waals surface area contributed by atoms with E-state index in [1.807, 2.05) is 65.6 Å². The van der Waals surface area contributed by atoms with E-state index in [9.17, 15) is 9.59 Å². The fourth-order valence-electron chi connectivity index (χ4n) is 4.45. The van der Waals surface area contributed by atoms with Gasteiger partial charge in [0.1, 0.15) is 6.54 Å². The van der Waals surface area contributed by atoms with E-state index < -0.39 is 0 Å². The number of hydrogen-bond donors (Lipinski definition) is 0. The summed E-state index contributed by atoms with van der Waals surface area (Å²) in [6.07, 6.45) is 0.816. The van der Waals surface area contributed by atoms with Crippen LogP contribution in [0.3, 0.4) is 0 Å². The maximum atomic E-state index is 13.1. The second-order valence-electron chi connectivity index (χ2n) is 8.93. The average molecular weight is 488 g/mol. The first-order chi connectivity index (χ1) is 17.6. The number of anilines is 1. The summed E-state index contributed by atoms with van der Waals surface area (Å²) in [7, 11) is 0. The lowest BCUT2D eigenvalue weighted by molar-refractivity contribution is -0.139. The molecule has 0 spiro atoms. The van der Waals surface area contributed by atoms with Gasteiger partial charge in [-0.25, -0.2) is 0 Å². The minimum Gasteiger partial charge on any atom is -0.454 e. The van der Waals surface area contributed by atoms with E-state index in [0.717, 1.165) is 35.6 Å². The fraction of sp³-hybridized carbons (Fsp3) is 0.333. The lowest BCUT2D eigenvalue weighted by Gasteiger charge is -2.26. The number of amides is 2. The quantitative estimate of drug-likeness (QED) is 0.528. The van der Waals surface area contributed by atoms with Gasteiger partial charge in [-0.2, -0.15) is 0 Å². The number of hydrogen-bond acceptors (Lipinski definition) is 7. The van der Waals surface area contributed by atoms with Gasteiger partial charge in [0.25, 0.3) is 0 Å². The molecule has 0 aliphatic carbocycles. The highest BCUT2D eigenvalue weighted by Gasteiger charge is 2.24.